The summed E-state index contributed by atoms with van der Waals surface area (Å²) in [5.74, 6) is -0.453. The zero-order valence-electron chi connectivity index (χ0n) is 11.6. The SMILES string of the molecule is Cc1cc(F)cc(C2=NOC(C)(C(=O)NC3CC3)C2)c1. The Morgan fingerprint density at radius 3 is 2.85 bits per heavy atom. The molecule has 4 nitrogen and oxygen atoms in total. The number of aryl methyl sites for hydroxylation is 1. The number of amides is 1. The van der Waals surface area contributed by atoms with Crippen LogP contribution in [0.25, 0.3) is 0 Å². The first-order valence-corrected chi connectivity index (χ1v) is 6.80. The van der Waals surface area contributed by atoms with Gasteiger partial charge in [0.25, 0.3) is 5.91 Å². The summed E-state index contributed by atoms with van der Waals surface area (Å²) in [5.41, 5.74) is 1.11. The van der Waals surface area contributed by atoms with Gasteiger partial charge in [0.15, 0.2) is 0 Å². The van der Waals surface area contributed by atoms with Gasteiger partial charge in [0, 0.05) is 18.0 Å². The molecule has 0 bridgehead atoms. The van der Waals surface area contributed by atoms with Crippen molar-refractivity contribution in [1.82, 2.24) is 5.32 Å². The molecule has 0 saturated heterocycles. The molecule has 2 aliphatic rings. The highest BCUT2D eigenvalue weighted by atomic mass is 19.1. The highest BCUT2D eigenvalue weighted by Gasteiger charge is 2.44. The van der Waals surface area contributed by atoms with Crippen molar-refractivity contribution in [1.29, 1.82) is 0 Å². The smallest absolute Gasteiger partial charge is 0.267 e. The Labute approximate surface area is 117 Å². The molecule has 3 rings (SSSR count). The minimum atomic E-state index is -0.988. The van der Waals surface area contributed by atoms with Gasteiger partial charge in [-0.05, 0) is 50.5 Å². The average molecular weight is 276 g/mol. The molecule has 1 heterocycles. The minimum absolute atomic E-state index is 0.146. The summed E-state index contributed by atoms with van der Waals surface area (Å²) in [5, 5.41) is 6.90. The molecule has 1 aliphatic carbocycles. The Kier molecular flexibility index (Phi) is 3.00. The molecule has 1 N–H and O–H groups in total. The van der Waals surface area contributed by atoms with Crippen LogP contribution in [0.15, 0.2) is 23.4 Å². The first kappa shape index (κ1) is 13.1. The molecule has 106 valence electrons. The third-order valence-corrected chi connectivity index (χ3v) is 3.63. The van der Waals surface area contributed by atoms with E-state index in [4.69, 9.17) is 4.84 Å². The molecule has 1 atom stereocenters. The number of benzene rings is 1. The second kappa shape index (κ2) is 4.58. The Morgan fingerprint density at radius 2 is 2.20 bits per heavy atom. The lowest BCUT2D eigenvalue weighted by molar-refractivity contribution is -0.141. The zero-order chi connectivity index (χ0) is 14.3. The van der Waals surface area contributed by atoms with E-state index in [1.54, 1.807) is 6.92 Å². The van der Waals surface area contributed by atoms with Crippen LogP contribution in [0, 0.1) is 12.7 Å². The summed E-state index contributed by atoms with van der Waals surface area (Å²) in [7, 11) is 0. The van der Waals surface area contributed by atoms with Gasteiger partial charge in [-0.15, -0.1) is 0 Å². The fraction of sp³-hybridized carbons (Fsp3) is 0.467. The van der Waals surface area contributed by atoms with Gasteiger partial charge in [0.1, 0.15) is 5.82 Å². The summed E-state index contributed by atoms with van der Waals surface area (Å²) >= 11 is 0. The molecule has 1 unspecified atom stereocenters. The number of hydrogen-bond donors (Lipinski definition) is 1. The molecule has 1 saturated carbocycles. The summed E-state index contributed by atoms with van der Waals surface area (Å²) in [6.45, 7) is 3.54. The number of carbonyl (C=O) groups excluding carboxylic acids is 1. The normalized spacial score (nSPS) is 25.1. The largest absolute Gasteiger partial charge is 0.379 e. The molecular formula is C15H17FN2O2. The number of halogens is 1. The van der Waals surface area contributed by atoms with Crippen LogP contribution >= 0.6 is 0 Å². The van der Waals surface area contributed by atoms with Gasteiger partial charge >= 0.3 is 0 Å². The van der Waals surface area contributed by atoms with E-state index in [1.165, 1.54) is 12.1 Å². The summed E-state index contributed by atoms with van der Waals surface area (Å²) in [6, 6.07) is 5.00. The lowest BCUT2D eigenvalue weighted by Gasteiger charge is -2.20. The number of oxime groups is 1. The van der Waals surface area contributed by atoms with E-state index in [1.807, 2.05) is 13.0 Å². The van der Waals surface area contributed by atoms with E-state index in [9.17, 15) is 9.18 Å². The van der Waals surface area contributed by atoms with E-state index in [-0.39, 0.29) is 17.8 Å². The summed E-state index contributed by atoms with van der Waals surface area (Å²) in [4.78, 5) is 17.5. The van der Waals surface area contributed by atoms with Crippen LogP contribution in [0.4, 0.5) is 4.39 Å². The molecule has 1 aromatic rings. The Morgan fingerprint density at radius 1 is 1.45 bits per heavy atom. The lowest BCUT2D eigenvalue weighted by atomic mass is 9.94. The van der Waals surface area contributed by atoms with E-state index in [0.29, 0.717) is 17.7 Å². The van der Waals surface area contributed by atoms with Crippen molar-refractivity contribution in [3.8, 4) is 0 Å². The van der Waals surface area contributed by atoms with Gasteiger partial charge in [-0.3, -0.25) is 4.79 Å². The molecule has 20 heavy (non-hydrogen) atoms. The van der Waals surface area contributed by atoms with E-state index >= 15 is 0 Å². The van der Waals surface area contributed by atoms with E-state index in [2.05, 4.69) is 10.5 Å². The van der Waals surface area contributed by atoms with Crippen molar-refractivity contribution in [2.45, 2.75) is 44.8 Å². The standard InChI is InChI=1S/C15H17FN2O2/c1-9-5-10(7-11(16)6-9)13-8-15(2,20-18-13)14(19)17-12-3-4-12/h5-7,12H,3-4,8H2,1-2H3,(H,17,19). The maximum Gasteiger partial charge on any atom is 0.267 e. The second-order valence-corrected chi connectivity index (χ2v) is 5.80. The first-order chi connectivity index (χ1) is 9.46. The van der Waals surface area contributed by atoms with Crippen LogP contribution in [-0.2, 0) is 9.63 Å². The van der Waals surface area contributed by atoms with Gasteiger partial charge in [-0.2, -0.15) is 0 Å². The fourth-order valence-electron chi connectivity index (χ4n) is 2.29. The van der Waals surface area contributed by atoms with Crippen molar-refractivity contribution >= 4 is 11.6 Å². The number of nitrogens with one attached hydrogen (secondary N) is 1. The van der Waals surface area contributed by atoms with Crippen LogP contribution in [0.1, 0.15) is 37.3 Å². The van der Waals surface area contributed by atoms with E-state index in [0.717, 1.165) is 18.4 Å². The lowest BCUT2D eigenvalue weighted by Crippen LogP contribution is -2.45. The van der Waals surface area contributed by atoms with Crippen molar-refractivity contribution < 1.29 is 14.0 Å². The third-order valence-electron chi connectivity index (χ3n) is 3.63. The Bertz CT molecular complexity index is 575. The van der Waals surface area contributed by atoms with Gasteiger partial charge in [0.2, 0.25) is 5.60 Å². The Hall–Kier alpha value is -1.91. The molecule has 0 radical (unpaired) electrons. The molecule has 1 amide bonds. The molecule has 0 aromatic heterocycles. The summed E-state index contributed by atoms with van der Waals surface area (Å²) in [6.07, 6.45) is 2.41. The summed E-state index contributed by atoms with van der Waals surface area (Å²) < 4.78 is 13.4. The molecule has 1 aliphatic heterocycles. The van der Waals surface area contributed by atoms with Crippen LogP contribution in [0.3, 0.4) is 0 Å². The van der Waals surface area contributed by atoms with Crippen molar-refractivity contribution in [3.63, 3.8) is 0 Å². The van der Waals surface area contributed by atoms with Gasteiger partial charge in [-0.25, -0.2) is 4.39 Å². The molecular weight excluding hydrogens is 259 g/mol. The maximum atomic E-state index is 13.4. The van der Waals surface area contributed by atoms with Gasteiger partial charge in [0.05, 0.1) is 5.71 Å². The molecule has 0 spiro atoms. The monoisotopic (exact) mass is 276 g/mol. The fourth-order valence-corrected chi connectivity index (χ4v) is 2.29. The van der Waals surface area contributed by atoms with Crippen molar-refractivity contribution in [3.05, 3.63) is 35.1 Å². The van der Waals surface area contributed by atoms with Crippen LogP contribution in [0.2, 0.25) is 0 Å². The topological polar surface area (TPSA) is 50.7 Å². The average Bonchev–Trinajstić information content (AvgIpc) is 3.08. The van der Waals surface area contributed by atoms with E-state index < -0.39 is 5.60 Å². The highest BCUT2D eigenvalue weighted by Crippen LogP contribution is 2.29. The maximum absolute atomic E-state index is 13.4. The number of hydrogen-bond acceptors (Lipinski definition) is 3. The van der Waals surface area contributed by atoms with Gasteiger partial charge in [-0.1, -0.05) is 5.16 Å². The molecule has 1 fully saturated rings. The zero-order valence-corrected chi connectivity index (χ0v) is 11.6. The predicted octanol–water partition coefficient (Wildman–Crippen LogP) is 2.30. The quantitative estimate of drug-likeness (QED) is 0.921. The van der Waals surface area contributed by atoms with Crippen molar-refractivity contribution in [2.75, 3.05) is 0 Å². The Balaban J connectivity index is 1.75. The first-order valence-electron chi connectivity index (χ1n) is 6.80. The van der Waals surface area contributed by atoms with Crippen LogP contribution in [-0.4, -0.2) is 23.3 Å². The molecule has 1 aromatic carbocycles. The molecule has 5 heteroatoms. The van der Waals surface area contributed by atoms with Crippen LogP contribution < -0.4 is 5.32 Å². The van der Waals surface area contributed by atoms with Gasteiger partial charge < -0.3 is 10.2 Å². The number of nitrogens with zero attached hydrogens (tertiary/aromatic N) is 1. The predicted molar refractivity (Wildman–Crippen MR) is 72.9 cm³/mol. The second-order valence-electron chi connectivity index (χ2n) is 5.80. The van der Waals surface area contributed by atoms with Crippen molar-refractivity contribution in [2.24, 2.45) is 5.16 Å². The highest BCUT2D eigenvalue weighted by molar-refractivity contribution is 6.05. The number of carbonyl (C=O) groups is 1. The third kappa shape index (κ3) is 2.53. The minimum Gasteiger partial charge on any atom is -0.379 e. The number of rotatable bonds is 3. The van der Waals surface area contributed by atoms with Crippen LogP contribution in [0.5, 0.6) is 0 Å².